The smallest absolute Gasteiger partial charge is 0.354 e. The lowest BCUT2D eigenvalue weighted by molar-refractivity contribution is 0.0688. The maximum Gasteiger partial charge on any atom is 0.354 e. The molecule has 64 valence electrons. The second kappa shape index (κ2) is 3.80. The predicted octanol–water partition coefficient (Wildman–Crippen LogP) is 0.170. The minimum Gasteiger partial charge on any atom is -0.477 e. The van der Waals surface area contributed by atoms with Gasteiger partial charge in [0.15, 0.2) is 0 Å². The van der Waals surface area contributed by atoms with Crippen LogP contribution in [0.4, 0.5) is 0 Å². The van der Waals surface area contributed by atoms with Crippen molar-refractivity contribution in [3.8, 4) is 0 Å². The van der Waals surface area contributed by atoms with Crippen LogP contribution >= 0.6 is 0 Å². The maximum absolute atomic E-state index is 10.4. The van der Waals surface area contributed by atoms with Gasteiger partial charge in [0, 0.05) is 0 Å². The minimum atomic E-state index is -1.06. The molecule has 0 bridgehead atoms. The van der Waals surface area contributed by atoms with E-state index in [0.717, 1.165) is 0 Å². The van der Waals surface area contributed by atoms with Gasteiger partial charge in [-0.25, -0.2) is 15.7 Å². The Morgan fingerprint density at radius 3 is 3.00 bits per heavy atom. The van der Waals surface area contributed by atoms with Gasteiger partial charge in [-0.1, -0.05) is 6.07 Å². The summed E-state index contributed by atoms with van der Waals surface area (Å²) >= 11 is 0. The zero-order chi connectivity index (χ0) is 8.97. The molecule has 0 saturated heterocycles. The van der Waals surface area contributed by atoms with Crippen LogP contribution in [0.2, 0.25) is 0 Å². The highest BCUT2D eigenvalue weighted by atomic mass is 16.6. The number of hydrogen-bond donors (Lipinski definition) is 2. The first kappa shape index (κ1) is 8.63. The van der Waals surface area contributed by atoms with Crippen LogP contribution in [0.3, 0.4) is 0 Å². The zero-order valence-corrected chi connectivity index (χ0v) is 6.23. The van der Waals surface area contributed by atoms with Crippen LogP contribution in [-0.4, -0.2) is 16.1 Å². The van der Waals surface area contributed by atoms with E-state index in [1.54, 1.807) is 12.1 Å². The van der Waals surface area contributed by atoms with Gasteiger partial charge in [-0.2, -0.15) is 0 Å². The molecule has 3 N–H and O–H groups in total. The fraction of sp³-hybridized carbons (Fsp3) is 0.143. The van der Waals surface area contributed by atoms with Gasteiger partial charge >= 0.3 is 5.97 Å². The number of carbonyl (C=O) groups is 1. The number of carboxylic acid groups (broad SMARTS) is 1. The van der Waals surface area contributed by atoms with E-state index in [-0.39, 0.29) is 12.3 Å². The molecule has 0 saturated carbocycles. The summed E-state index contributed by atoms with van der Waals surface area (Å²) in [7, 11) is 0. The summed E-state index contributed by atoms with van der Waals surface area (Å²) in [6, 6.07) is 4.63. The molecule has 0 aliphatic carbocycles. The standard InChI is InChI=1S/C7H8N2O3/c8-12-4-5-2-1-3-6(9-5)7(10)11/h1-3H,4,8H2,(H,10,11). The highest BCUT2D eigenvalue weighted by Crippen LogP contribution is 1.99. The quantitative estimate of drug-likeness (QED) is 0.628. The number of rotatable bonds is 3. The molecular weight excluding hydrogens is 160 g/mol. The maximum atomic E-state index is 10.4. The van der Waals surface area contributed by atoms with E-state index in [1.165, 1.54) is 6.07 Å². The molecule has 5 heteroatoms. The molecule has 0 amide bonds. The third kappa shape index (κ3) is 2.01. The monoisotopic (exact) mass is 168 g/mol. The van der Waals surface area contributed by atoms with E-state index < -0.39 is 5.97 Å². The number of nitrogens with two attached hydrogens (primary N) is 1. The van der Waals surface area contributed by atoms with Gasteiger partial charge in [0.05, 0.1) is 5.69 Å². The largest absolute Gasteiger partial charge is 0.477 e. The van der Waals surface area contributed by atoms with Crippen LogP contribution in [0.25, 0.3) is 0 Å². The summed E-state index contributed by atoms with van der Waals surface area (Å²) in [5.74, 6) is 3.74. The highest BCUT2D eigenvalue weighted by molar-refractivity contribution is 5.85. The van der Waals surface area contributed by atoms with Crippen LogP contribution in [-0.2, 0) is 11.4 Å². The zero-order valence-electron chi connectivity index (χ0n) is 6.23. The third-order valence-corrected chi connectivity index (χ3v) is 1.26. The molecule has 1 aromatic rings. The third-order valence-electron chi connectivity index (χ3n) is 1.26. The van der Waals surface area contributed by atoms with Crippen LogP contribution in [0.15, 0.2) is 18.2 Å². The van der Waals surface area contributed by atoms with Gasteiger partial charge in [-0.15, -0.1) is 0 Å². The van der Waals surface area contributed by atoms with Crippen LogP contribution in [0.1, 0.15) is 16.2 Å². The lowest BCUT2D eigenvalue weighted by Gasteiger charge is -1.98. The highest BCUT2D eigenvalue weighted by Gasteiger charge is 2.04. The number of pyridine rings is 1. The Morgan fingerprint density at radius 2 is 2.42 bits per heavy atom. The molecule has 0 unspecified atom stereocenters. The molecule has 1 aromatic heterocycles. The molecule has 1 heterocycles. The normalized spacial score (nSPS) is 9.75. The van der Waals surface area contributed by atoms with Crippen molar-refractivity contribution in [2.45, 2.75) is 6.61 Å². The lowest BCUT2D eigenvalue weighted by Crippen LogP contribution is -2.05. The molecule has 0 aliphatic rings. The van der Waals surface area contributed by atoms with Crippen molar-refractivity contribution in [3.63, 3.8) is 0 Å². The Morgan fingerprint density at radius 1 is 1.67 bits per heavy atom. The summed E-state index contributed by atoms with van der Waals surface area (Å²) < 4.78 is 0. The summed E-state index contributed by atoms with van der Waals surface area (Å²) in [5.41, 5.74) is 0.488. The summed E-state index contributed by atoms with van der Waals surface area (Å²) in [6.07, 6.45) is 0. The van der Waals surface area contributed by atoms with Crippen molar-refractivity contribution in [1.29, 1.82) is 0 Å². The van der Waals surface area contributed by atoms with Gasteiger partial charge < -0.3 is 5.11 Å². The van der Waals surface area contributed by atoms with Crippen molar-refractivity contribution < 1.29 is 14.7 Å². The van der Waals surface area contributed by atoms with Crippen molar-refractivity contribution in [2.75, 3.05) is 0 Å². The predicted molar refractivity (Wildman–Crippen MR) is 40.2 cm³/mol. The summed E-state index contributed by atoms with van der Waals surface area (Å²) in [4.78, 5) is 18.5. The first-order valence-electron chi connectivity index (χ1n) is 3.25. The molecule has 0 radical (unpaired) electrons. The molecule has 12 heavy (non-hydrogen) atoms. The first-order valence-corrected chi connectivity index (χ1v) is 3.25. The Labute approximate surface area is 68.7 Å². The Kier molecular flexibility index (Phi) is 2.73. The number of aromatic carboxylic acids is 1. The van der Waals surface area contributed by atoms with Gasteiger partial charge in [-0.05, 0) is 12.1 Å². The summed E-state index contributed by atoms with van der Waals surface area (Å²) in [6.45, 7) is 0.112. The molecule has 0 fully saturated rings. The van der Waals surface area contributed by atoms with Gasteiger partial charge in [-0.3, -0.25) is 4.84 Å². The van der Waals surface area contributed by atoms with Gasteiger partial charge in [0.25, 0.3) is 0 Å². The second-order valence-corrected chi connectivity index (χ2v) is 2.13. The van der Waals surface area contributed by atoms with Crippen LogP contribution in [0.5, 0.6) is 0 Å². The topological polar surface area (TPSA) is 85.4 Å². The van der Waals surface area contributed by atoms with E-state index in [4.69, 9.17) is 11.0 Å². The Balaban J connectivity index is 2.88. The molecule has 5 nitrogen and oxygen atoms in total. The molecule has 1 rings (SSSR count). The fourth-order valence-electron chi connectivity index (χ4n) is 0.764. The lowest BCUT2D eigenvalue weighted by atomic mass is 10.3. The number of nitrogens with zero attached hydrogens (tertiary/aromatic N) is 1. The molecule has 0 atom stereocenters. The van der Waals surface area contributed by atoms with E-state index in [2.05, 4.69) is 9.82 Å². The van der Waals surface area contributed by atoms with E-state index >= 15 is 0 Å². The van der Waals surface area contributed by atoms with E-state index in [0.29, 0.717) is 5.69 Å². The second-order valence-electron chi connectivity index (χ2n) is 2.13. The number of hydrogen-bond acceptors (Lipinski definition) is 4. The molecule has 0 aliphatic heterocycles. The number of aromatic nitrogens is 1. The Hall–Kier alpha value is -1.46. The molecule has 0 spiro atoms. The van der Waals surface area contributed by atoms with Gasteiger partial charge in [0.2, 0.25) is 0 Å². The van der Waals surface area contributed by atoms with E-state index in [9.17, 15) is 4.79 Å². The fourth-order valence-corrected chi connectivity index (χ4v) is 0.764. The van der Waals surface area contributed by atoms with Crippen molar-refractivity contribution in [1.82, 2.24) is 4.98 Å². The average Bonchev–Trinajstić information content (AvgIpc) is 2.05. The van der Waals surface area contributed by atoms with Gasteiger partial charge in [0.1, 0.15) is 12.3 Å². The Bertz CT molecular complexity index is 288. The van der Waals surface area contributed by atoms with E-state index in [1.807, 2.05) is 0 Å². The summed E-state index contributed by atoms with van der Waals surface area (Å²) in [5, 5.41) is 8.54. The number of carboxylic acids is 1. The average molecular weight is 168 g/mol. The van der Waals surface area contributed by atoms with Crippen LogP contribution in [0, 0.1) is 0 Å². The molecular formula is C7H8N2O3. The van der Waals surface area contributed by atoms with Crippen molar-refractivity contribution in [3.05, 3.63) is 29.6 Å². The minimum absolute atomic E-state index is 0.00968. The van der Waals surface area contributed by atoms with Crippen molar-refractivity contribution in [2.24, 2.45) is 5.90 Å². The first-order chi connectivity index (χ1) is 5.74. The van der Waals surface area contributed by atoms with Crippen LogP contribution < -0.4 is 5.90 Å². The SMILES string of the molecule is NOCc1cccc(C(=O)O)n1. The van der Waals surface area contributed by atoms with Crippen molar-refractivity contribution >= 4 is 5.97 Å². The molecule has 0 aromatic carbocycles.